The van der Waals surface area contributed by atoms with Gasteiger partial charge in [0.05, 0.1) is 11.3 Å². The lowest BCUT2D eigenvalue weighted by Crippen LogP contribution is -2.38. The highest BCUT2D eigenvalue weighted by molar-refractivity contribution is 7.10. The van der Waals surface area contributed by atoms with Crippen molar-refractivity contribution in [1.29, 1.82) is 0 Å². The molecule has 1 amide bonds. The van der Waals surface area contributed by atoms with Gasteiger partial charge in [-0.2, -0.15) is 0 Å². The number of hydrogen-bond acceptors (Lipinski definition) is 4. The van der Waals surface area contributed by atoms with Crippen molar-refractivity contribution >= 4 is 17.2 Å². The number of aromatic amines is 1. The van der Waals surface area contributed by atoms with Crippen molar-refractivity contribution in [2.75, 3.05) is 13.1 Å². The van der Waals surface area contributed by atoms with Crippen LogP contribution >= 0.6 is 11.3 Å². The van der Waals surface area contributed by atoms with E-state index in [2.05, 4.69) is 15.3 Å². The Morgan fingerprint density at radius 2 is 2.04 bits per heavy atom. The number of hydrogen-bond donors (Lipinski definition) is 1. The van der Waals surface area contributed by atoms with Crippen molar-refractivity contribution in [1.82, 2.24) is 14.9 Å². The van der Waals surface area contributed by atoms with E-state index in [1.807, 2.05) is 11.8 Å². The summed E-state index contributed by atoms with van der Waals surface area (Å²) in [4.78, 5) is 35.2. The van der Waals surface area contributed by atoms with E-state index in [1.165, 1.54) is 23.3 Å². The zero-order valence-electron chi connectivity index (χ0n) is 14.5. The van der Waals surface area contributed by atoms with E-state index >= 15 is 0 Å². The SMILES string of the molecule is Cc1nc(C2CCN(C(=O)c3csc4c3CCCC4)CC2)cc(=O)[nH]1. The topological polar surface area (TPSA) is 66.1 Å². The summed E-state index contributed by atoms with van der Waals surface area (Å²) in [6.45, 7) is 3.28. The Kier molecular flexibility index (Phi) is 4.46. The van der Waals surface area contributed by atoms with E-state index < -0.39 is 0 Å². The van der Waals surface area contributed by atoms with Crippen LogP contribution in [0.15, 0.2) is 16.2 Å². The Labute approximate surface area is 151 Å². The first-order valence-electron chi connectivity index (χ1n) is 9.08. The van der Waals surface area contributed by atoms with Crippen LogP contribution < -0.4 is 5.56 Å². The summed E-state index contributed by atoms with van der Waals surface area (Å²) < 4.78 is 0. The molecule has 0 bridgehead atoms. The number of nitrogens with one attached hydrogen (secondary N) is 1. The summed E-state index contributed by atoms with van der Waals surface area (Å²) in [7, 11) is 0. The fourth-order valence-electron chi connectivity index (χ4n) is 4.03. The molecule has 0 spiro atoms. The highest BCUT2D eigenvalue weighted by atomic mass is 32.1. The van der Waals surface area contributed by atoms with E-state index in [0.717, 1.165) is 50.0 Å². The van der Waals surface area contributed by atoms with Gasteiger partial charge in [-0.15, -0.1) is 11.3 Å². The van der Waals surface area contributed by atoms with Crippen molar-refractivity contribution in [3.05, 3.63) is 49.3 Å². The van der Waals surface area contributed by atoms with E-state index in [1.54, 1.807) is 17.4 Å². The van der Waals surface area contributed by atoms with Crippen LogP contribution in [0, 0.1) is 6.92 Å². The van der Waals surface area contributed by atoms with Crippen LogP contribution in [0.1, 0.15) is 63.9 Å². The molecule has 6 heteroatoms. The number of aryl methyl sites for hydroxylation is 2. The number of aromatic nitrogens is 2. The second-order valence-electron chi connectivity index (χ2n) is 7.08. The van der Waals surface area contributed by atoms with Crippen molar-refractivity contribution in [2.45, 2.75) is 51.4 Å². The predicted octanol–water partition coefficient (Wildman–Crippen LogP) is 3.04. The van der Waals surface area contributed by atoms with Crippen LogP contribution in [0.2, 0.25) is 0 Å². The number of rotatable bonds is 2. The largest absolute Gasteiger partial charge is 0.339 e. The number of fused-ring (bicyclic) bond motifs is 1. The highest BCUT2D eigenvalue weighted by Gasteiger charge is 2.28. The first kappa shape index (κ1) is 16.5. The van der Waals surface area contributed by atoms with Gasteiger partial charge in [0.2, 0.25) is 0 Å². The summed E-state index contributed by atoms with van der Waals surface area (Å²) in [5, 5.41) is 2.06. The lowest BCUT2D eigenvalue weighted by molar-refractivity contribution is 0.0711. The smallest absolute Gasteiger partial charge is 0.254 e. The quantitative estimate of drug-likeness (QED) is 0.898. The molecule has 0 saturated carbocycles. The lowest BCUT2D eigenvalue weighted by Gasteiger charge is -2.32. The molecular weight excluding hydrogens is 334 g/mol. The maximum atomic E-state index is 12.9. The molecule has 1 N–H and O–H groups in total. The van der Waals surface area contributed by atoms with E-state index in [9.17, 15) is 9.59 Å². The minimum atomic E-state index is -0.0918. The minimum absolute atomic E-state index is 0.0918. The average molecular weight is 357 g/mol. The first-order chi connectivity index (χ1) is 12.1. The summed E-state index contributed by atoms with van der Waals surface area (Å²) in [6, 6.07) is 1.60. The Morgan fingerprint density at radius 1 is 1.28 bits per heavy atom. The monoisotopic (exact) mass is 357 g/mol. The second kappa shape index (κ2) is 6.75. The van der Waals surface area contributed by atoms with Crippen LogP contribution in [0.25, 0.3) is 0 Å². The van der Waals surface area contributed by atoms with Gasteiger partial charge >= 0.3 is 0 Å². The van der Waals surface area contributed by atoms with E-state index in [-0.39, 0.29) is 17.4 Å². The number of piperidine rings is 1. The number of thiophene rings is 1. The van der Waals surface area contributed by atoms with Crippen molar-refractivity contribution in [2.24, 2.45) is 0 Å². The number of H-pyrrole nitrogens is 1. The maximum Gasteiger partial charge on any atom is 0.254 e. The number of carbonyl (C=O) groups excluding carboxylic acids is 1. The van der Waals surface area contributed by atoms with Gasteiger partial charge in [-0.05, 0) is 51.0 Å². The molecule has 0 unspecified atom stereocenters. The molecule has 0 atom stereocenters. The Bertz CT molecular complexity index is 847. The number of likely N-dealkylation sites (tertiary alicyclic amines) is 1. The third-order valence-electron chi connectivity index (χ3n) is 5.37. The summed E-state index contributed by atoms with van der Waals surface area (Å²) in [5.41, 5.74) is 3.01. The molecule has 1 saturated heterocycles. The Balaban J connectivity index is 1.46. The fourth-order valence-corrected chi connectivity index (χ4v) is 5.15. The Hall–Kier alpha value is -1.95. The van der Waals surface area contributed by atoms with Crippen LogP contribution in [-0.2, 0) is 12.8 Å². The molecule has 0 aromatic carbocycles. The fraction of sp³-hybridized carbons (Fsp3) is 0.526. The van der Waals surface area contributed by atoms with Crippen LogP contribution in [0.3, 0.4) is 0 Å². The average Bonchev–Trinajstić information content (AvgIpc) is 3.04. The highest BCUT2D eigenvalue weighted by Crippen LogP contribution is 2.32. The zero-order valence-corrected chi connectivity index (χ0v) is 15.3. The van der Waals surface area contributed by atoms with Gasteiger partial charge in [-0.3, -0.25) is 9.59 Å². The predicted molar refractivity (Wildman–Crippen MR) is 98.4 cm³/mol. The van der Waals surface area contributed by atoms with Crippen LogP contribution in [0.5, 0.6) is 0 Å². The Morgan fingerprint density at radius 3 is 2.80 bits per heavy atom. The normalized spacial score (nSPS) is 18.2. The van der Waals surface area contributed by atoms with Gasteiger partial charge in [0.25, 0.3) is 11.5 Å². The third kappa shape index (κ3) is 3.27. The maximum absolute atomic E-state index is 12.9. The number of nitrogens with zero attached hydrogens (tertiary/aromatic N) is 2. The molecule has 1 fully saturated rings. The van der Waals surface area contributed by atoms with Crippen molar-refractivity contribution < 1.29 is 4.79 Å². The van der Waals surface area contributed by atoms with Gasteiger partial charge in [0.1, 0.15) is 5.82 Å². The van der Waals surface area contributed by atoms with Crippen LogP contribution in [0.4, 0.5) is 0 Å². The molecule has 5 nitrogen and oxygen atoms in total. The minimum Gasteiger partial charge on any atom is -0.339 e. The standard InChI is InChI=1S/C19H23N3O2S/c1-12-20-16(10-18(23)21-12)13-6-8-22(9-7-13)19(24)15-11-25-17-5-3-2-4-14(15)17/h10-11,13H,2-9H2,1H3,(H,20,21,23). The summed E-state index contributed by atoms with van der Waals surface area (Å²) in [5.74, 6) is 1.11. The second-order valence-corrected chi connectivity index (χ2v) is 8.04. The molecule has 1 aliphatic heterocycles. The molecule has 2 aromatic rings. The summed E-state index contributed by atoms with van der Waals surface area (Å²) in [6.07, 6.45) is 6.35. The third-order valence-corrected chi connectivity index (χ3v) is 6.46. The molecule has 25 heavy (non-hydrogen) atoms. The zero-order chi connectivity index (χ0) is 17.4. The molecule has 2 aromatic heterocycles. The van der Waals surface area contributed by atoms with Gasteiger partial charge in [-0.1, -0.05) is 0 Å². The van der Waals surface area contributed by atoms with Gasteiger partial charge in [0.15, 0.2) is 0 Å². The molecular formula is C19H23N3O2S. The van der Waals surface area contributed by atoms with E-state index in [0.29, 0.717) is 5.82 Å². The molecule has 1 aliphatic carbocycles. The molecule has 0 radical (unpaired) electrons. The van der Waals surface area contributed by atoms with E-state index in [4.69, 9.17) is 0 Å². The van der Waals surface area contributed by atoms with Gasteiger partial charge < -0.3 is 9.88 Å². The molecule has 2 aliphatic rings. The van der Waals surface area contributed by atoms with Gasteiger partial charge in [-0.25, -0.2) is 4.98 Å². The first-order valence-corrected chi connectivity index (χ1v) is 9.96. The molecule has 132 valence electrons. The number of carbonyl (C=O) groups is 1. The van der Waals surface area contributed by atoms with Gasteiger partial charge in [0, 0.05) is 35.3 Å². The van der Waals surface area contributed by atoms with Crippen LogP contribution in [-0.4, -0.2) is 33.9 Å². The number of amides is 1. The van der Waals surface area contributed by atoms with Crippen molar-refractivity contribution in [3.63, 3.8) is 0 Å². The molecule has 4 rings (SSSR count). The lowest BCUT2D eigenvalue weighted by atomic mass is 9.92. The molecule has 3 heterocycles. The van der Waals surface area contributed by atoms with Crippen molar-refractivity contribution in [3.8, 4) is 0 Å². The summed E-state index contributed by atoms with van der Waals surface area (Å²) >= 11 is 1.75.